The van der Waals surface area contributed by atoms with Crippen LogP contribution in [0.5, 0.6) is 0 Å². The summed E-state index contributed by atoms with van der Waals surface area (Å²) in [6.45, 7) is 3.08. The molecule has 0 aliphatic rings. The van der Waals surface area contributed by atoms with Crippen LogP contribution in [0.1, 0.15) is 31.1 Å². The summed E-state index contributed by atoms with van der Waals surface area (Å²) in [5, 5.41) is 10.8. The fraction of sp³-hybridized carbons (Fsp3) is 0.462. The quantitative estimate of drug-likeness (QED) is 0.474. The molecular formula is C13H15F3N2O3. The first-order valence-corrected chi connectivity index (χ1v) is 6.15. The van der Waals surface area contributed by atoms with Crippen molar-refractivity contribution < 1.29 is 22.9 Å². The zero-order valence-corrected chi connectivity index (χ0v) is 11.8. The van der Waals surface area contributed by atoms with Gasteiger partial charge in [0.1, 0.15) is 6.54 Å². The zero-order chi connectivity index (χ0) is 16.4. The van der Waals surface area contributed by atoms with Crippen molar-refractivity contribution in [3.05, 3.63) is 33.9 Å². The van der Waals surface area contributed by atoms with Gasteiger partial charge in [-0.3, -0.25) is 14.9 Å². The molecule has 1 rings (SSSR count). The lowest BCUT2D eigenvalue weighted by molar-refractivity contribution is -0.385. The highest BCUT2D eigenvalue weighted by Crippen LogP contribution is 2.29. The minimum absolute atomic E-state index is 0.123. The summed E-state index contributed by atoms with van der Waals surface area (Å²) in [5.74, 6) is -0.570. The summed E-state index contributed by atoms with van der Waals surface area (Å²) >= 11 is 0. The number of hydrogen-bond acceptors (Lipinski definition) is 4. The Morgan fingerprint density at radius 3 is 2.33 bits per heavy atom. The lowest BCUT2D eigenvalue weighted by Crippen LogP contribution is -2.39. The van der Waals surface area contributed by atoms with E-state index in [0.29, 0.717) is 0 Å². The molecule has 0 N–H and O–H groups in total. The normalized spacial score (nSPS) is 11.6. The number of halogens is 3. The van der Waals surface area contributed by atoms with E-state index in [0.717, 1.165) is 24.0 Å². The van der Waals surface area contributed by atoms with E-state index in [-0.39, 0.29) is 11.3 Å². The molecule has 0 heterocycles. The Bertz CT molecular complexity index is 556. The third-order valence-electron chi connectivity index (χ3n) is 2.86. The number of hydrogen-bond donors (Lipinski definition) is 0. The number of anilines is 1. The number of carbonyl (C=O) groups excluding carboxylic acids is 1. The molecule has 0 aliphatic heterocycles. The third-order valence-corrected chi connectivity index (χ3v) is 2.86. The van der Waals surface area contributed by atoms with Crippen LogP contribution in [-0.4, -0.2) is 29.5 Å². The van der Waals surface area contributed by atoms with Gasteiger partial charge >= 0.3 is 6.18 Å². The fourth-order valence-electron chi connectivity index (χ4n) is 1.91. The second kappa shape index (κ2) is 6.11. The predicted molar refractivity (Wildman–Crippen MR) is 71.6 cm³/mol. The number of rotatable bonds is 5. The van der Waals surface area contributed by atoms with Crippen LogP contribution in [0.15, 0.2) is 18.2 Å². The standard InChI is InChI=1S/C13H15F3N2O3/c1-8(2)17(7-13(14,15)16)10-4-5-12(18(20)21)11(6-10)9(3)19/h4-6,8H,7H2,1-3H3. The molecule has 0 bridgehead atoms. The number of alkyl halides is 3. The SMILES string of the molecule is CC(=O)c1cc(N(CC(F)(F)F)C(C)C)ccc1[N+](=O)[O-]. The highest BCUT2D eigenvalue weighted by molar-refractivity contribution is 5.99. The average molecular weight is 304 g/mol. The Hall–Kier alpha value is -2.12. The maximum Gasteiger partial charge on any atom is 0.405 e. The van der Waals surface area contributed by atoms with Crippen molar-refractivity contribution in [1.82, 2.24) is 0 Å². The monoisotopic (exact) mass is 304 g/mol. The summed E-state index contributed by atoms with van der Waals surface area (Å²) in [4.78, 5) is 22.6. The molecule has 5 nitrogen and oxygen atoms in total. The van der Waals surface area contributed by atoms with E-state index in [1.807, 2.05) is 0 Å². The molecule has 0 saturated heterocycles. The molecule has 0 saturated carbocycles. The maximum absolute atomic E-state index is 12.6. The van der Waals surface area contributed by atoms with E-state index in [2.05, 4.69) is 0 Å². The van der Waals surface area contributed by atoms with Crippen molar-refractivity contribution in [2.75, 3.05) is 11.4 Å². The van der Waals surface area contributed by atoms with E-state index < -0.39 is 35.2 Å². The van der Waals surface area contributed by atoms with E-state index in [9.17, 15) is 28.1 Å². The third kappa shape index (κ3) is 4.44. The molecule has 21 heavy (non-hydrogen) atoms. The van der Waals surface area contributed by atoms with Gasteiger partial charge in [0.05, 0.1) is 10.5 Å². The molecule has 116 valence electrons. The number of nitro groups is 1. The van der Waals surface area contributed by atoms with E-state index in [1.165, 1.54) is 6.07 Å². The summed E-state index contributed by atoms with van der Waals surface area (Å²) in [6.07, 6.45) is -4.41. The maximum atomic E-state index is 12.6. The van der Waals surface area contributed by atoms with Crippen LogP contribution in [0.4, 0.5) is 24.5 Å². The van der Waals surface area contributed by atoms with Gasteiger partial charge in [-0.25, -0.2) is 0 Å². The van der Waals surface area contributed by atoms with Crippen LogP contribution in [0, 0.1) is 10.1 Å². The van der Waals surface area contributed by atoms with Crippen LogP contribution < -0.4 is 4.90 Å². The van der Waals surface area contributed by atoms with Crippen molar-refractivity contribution >= 4 is 17.2 Å². The van der Waals surface area contributed by atoms with Gasteiger partial charge in [-0.05, 0) is 32.9 Å². The van der Waals surface area contributed by atoms with E-state index in [4.69, 9.17) is 0 Å². The molecule has 1 aromatic rings. The van der Waals surface area contributed by atoms with Crippen LogP contribution in [0.2, 0.25) is 0 Å². The van der Waals surface area contributed by atoms with Gasteiger partial charge in [0.15, 0.2) is 5.78 Å². The first-order valence-electron chi connectivity index (χ1n) is 6.15. The lowest BCUT2D eigenvalue weighted by atomic mass is 10.1. The number of carbonyl (C=O) groups is 1. The molecule has 8 heteroatoms. The molecule has 0 aliphatic carbocycles. The molecule has 0 aromatic heterocycles. The van der Waals surface area contributed by atoms with Crippen molar-refractivity contribution in [2.24, 2.45) is 0 Å². The van der Waals surface area contributed by atoms with Gasteiger partial charge in [0.25, 0.3) is 5.69 Å². The van der Waals surface area contributed by atoms with E-state index >= 15 is 0 Å². The van der Waals surface area contributed by atoms with Crippen molar-refractivity contribution in [2.45, 2.75) is 33.0 Å². The second-order valence-electron chi connectivity index (χ2n) is 4.85. The molecular weight excluding hydrogens is 289 g/mol. The largest absolute Gasteiger partial charge is 0.405 e. The molecule has 0 atom stereocenters. The minimum atomic E-state index is -4.41. The minimum Gasteiger partial charge on any atom is -0.360 e. The molecule has 0 fully saturated rings. The number of nitrogens with zero attached hydrogens (tertiary/aromatic N) is 2. The van der Waals surface area contributed by atoms with Gasteiger partial charge in [-0.15, -0.1) is 0 Å². The topological polar surface area (TPSA) is 63.5 Å². The van der Waals surface area contributed by atoms with Crippen molar-refractivity contribution in [3.8, 4) is 0 Å². The smallest absolute Gasteiger partial charge is 0.360 e. The van der Waals surface area contributed by atoms with Gasteiger partial charge < -0.3 is 4.90 Å². The van der Waals surface area contributed by atoms with Crippen LogP contribution in [0.25, 0.3) is 0 Å². The summed E-state index contributed by atoms with van der Waals surface area (Å²) < 4.78 is 37.8. The van der Waals surface area contributed by atoms with Crippen LogP contribution in [-0.2, 0) is 0 Å². The lowest BCUT2D eigenvalue weighted by Gasteiger charge is -2.30. The van der Waals surface area contributed by atoms with Crippen LogP contribution in [0.3, 0.4) is 0 Å². The molecule has 0 amide bonds. The number of nitro benzene ring substituents is 1. The first kappa shape index (κ1) is 16.9. The summed E-state index contributed by atoms with van der Waals surface area (Å²) in [6, 6.07) is 2.92. The molecule has 1 aromatic carbocycles. The Morgan fingerprint density at radius 2 is 1.95 bits per heavy atom. The zero-order valence-electron chi connectivity index (χ0n) is 11.8. The van der Waals surface area contributed by atoms with Crippen molar-refractivity contribution in [1.29, 1.82) is 0 Å². The number of benzene rings is 1. The first-order chi connectivity index (χ1) is 9.53. The number of ketones is 1. The Labute approximate surface area is 119 Å². The van der Waals surface area contributed by atoms with Gasteiger partial charge in [0.2, 0.25) is 0 Å². The predicted octanol–water partition coefficient (Wildman–Crippen LogP) is 3.57. The van der Waals surface area contributed by atoms with E-state index in [1.54, 1.807) is 13.8 Å². The average Bonchev–Trinajstić information content (AvgIpc) is 2.33. The highest BCUT2D eigenvalue weighted by Gasteiger charge is 2.32. The van der Waals surface area contributed by atoms with Gasteiger partial charge in [-0.1, -0.05) is 0 Å². The summed E-state index contributed by atoms with van der Waals surface area (Å²) in [5.41, 5.74) is -0.495. The number of Topliss-reactive ketones (excluding diaryl/α,β-unsaturated/α-hetero) is 1. The Balaban J connectivity index is 3.31. The molecule has 0 unspecified atom stereocenters. The molecule has 0 spiro atoms. The van der Waals surface area contributed by atoms with Gasteiger partial charge in [0, 0.05) is 17.8 Å². The Kier molecular flexibility index (Phi) is 4.93. The summed E-state index contributed by atoms with van der Waals surface area (Å²) in [7, 11) is 0. The molecule has 0 radical (unpaired) electrons. The highest BCUT2D eigenvalue weighted by atomic mass is 19.4. The van der Waals surface area contributed by atoms with Crippen LogP contribution >= 0.6 is 0 Å². The Morgan fingerprint density at radius 1 is 1.38 bits per heavy atom. The fourth-order valence-corrected chi connectivity index (χ4v) is 1.91. The second-order valence-corrected chi connectivity index (χ2v) is 4.85. The van der Waals surface area contributed by atoms with Gasteiger partial charge in [-0.2, -0.15) is 13.2 Å². The van der Waals surface area contributed by atoms with Crippen molar-refractivity contribution in [3.63, 3.8) is 0 Å².